The maximum absolute atomic E-state index is 12.9. The zero-order valence-electron chi connectivity index (χ0n) is 15.3. The van der Waals surface area contributed by atoms with Gasteiger partial charge in [0.15, 0.2) is 11.5 Å². The summed E-state index contributed by atoms with van der Waals surface area (Å²) < 4.78 is 17.1. The van der Waals surface area contributed by atoms with E-state index in [4.69, 9.17) is 14.2 Å². The highest BCUT2D eigenvalue weighted by Gasteiger charge is 2.33. The molecule has 0 aromatic heterocycles. The molecule has 1 amide bonds. The lowest BCUT2D eigenvalue weighted by Crippen LogP contribution is -2.26. The molecule has 1 N–H and O–H groups in total. The van der Waals surface area contributed by atoms with Gasteiger partial charge in [-0.05, 0) is 32.4 Å². The van der Waals surface area contributed by atoms with Gasteiger partial charge in [-0.15, -0.1) is 0 Å². The van der Waals surface area contributed by atoms with Crippen LogP contribution in [-0.2, 0) is 11.2 Å². The summed E-state index contributed by atoms with van der Waals surface area (Å²) in [6.45, 7) is 4.64. The van der Waals surface area contributed by atoms with Gasteiger partial charge in [0.05, 0.1) is 19.6 Å². The molecule has 1 atom stereocenters. The molecule has 4 rings (SSSR count). The summed E-state index contributed by atoms with van der Waals surface area (Å²) in [5.74, 6) is 1.97. The fourth-order valence-corrected chi connectivity index (χ4v) is 3.75. The molecule has 2 aliphatic rings. The van der Waals surface area contributed by atoms with Crippen LogP contribution in [0, 0.1) is 0 Å². The van der Waals surface area contributed by atoms with Crippen LogP contribution in [0.25, 0.3) is 0 Å². The summed E-state index contributed by atoms with van der Waals surface area (Å²) in [6, 6.07) is 11.5. The number of carbonyl (C=O) groups excluding carboxylic acids is 1. The molecule has 0 bridgehead atoms. The largest absolute Gasteiger partial charge is 0.493 e. The van der Waals surface area contributed by atoms with Crippen molar-refractivity contribution < 1.29 is 19.0 Å². The Morgan fingerprint density at radius 2 is 2.08 bits per heavy atom. The number of fused-ring (bicyclic) bond motifs is 2. The topological polar surface area (TPSA) is 56.8 Å². The molecule has 0 saturated carbocycles. The highest BCUT2D eigenvalue weighted by Crippen LogP contribution is 2.44. The quantitative estimate of drug-likeness (QED) is 0.909. The highest BCUT2D eigenvalue weighted by atomic mass is 16.5. The standard InChI is InChI=1S/C21H23NO4/c1-21(2)12-13-10-14(11-18(24-3)19(13)26-21)22-20(23)16-8-9-25-17-7-5-4-6-15(16)17/h4-7,10-11,16H,8-9,12H2,1-3H3,(H,22,23). The number of carbonyl (C=O) groups is 1. The summed E-state index contributed by atoms with van der Waals surface area (Å²) in [6.07, 6.45) is 1.45. The number of nitrogens with one attached hydrogen (secondary N) is 1. The van der Waals surface area contributed by atoms with Gasteiger partial charge in [-0.25, -0.2) is 0 Å². The number of rotatable bonds is 3. The minimum Gasteiger partial charge on any atom is -0.493 e. The molecule has 0 saturated heterocycles. The molecule has 0 fully saturated rings. The molecule has 0 radical (unpaired) electrons. The van der Waals surface area contributed by atoms with Gasteiger partial charge >= 0.3 is 0 Å². The number of benzene rings is 2. The van der Waals surface area contributed by atoms with E-state index in [0.717, 1.165) is 34.7 Å². The van der Waals surface area contributed by atoms with Crippen LogP contribution in [0.2, 0.25) is 0 Å². The molecular weight excluding hydrogens is 330 g/mol. The predicted octanol–water partition coefficient (Wildman–Crippen LogP) is 3.91. The first-order valence-corrected chi connectivity index (χ1v) is 8.89. The zero-order valence-corrected chi connectivity index (χ0v) is 15.3. The lowest BCUT2D eigenvalue weighted by molar-refractivity contribution is -0.118. The van der Waals surface area contributed by atoms with Gasteiger partial charge in [0.2, 0.25) is 5.91 Å². The summed E-state index contributed by atoms with van der Waals surface area (Å²) in [4.78, 5) is 12.9. The Labute approximate surface area is 153 Å². The van der Waals surface area contributed by atoms with Crippen molar-refractivity contribution in [1.82, 2.24) is 0 Å². The third-order valence-corrected chi connectivity index (χ3v) is 4.89. The van der Waals surface area contributed by atoms with E-state index < -0.39 is 0 Å². The van der Waals surface area contributed by atoms with E-state index in [1.165, 1.54) is 0 Å². The fourth-order valence-electron chi connectivity index (χ4n) is 3.75. The van der Waals surface area contributed by atoms with Crippen LogP contribution >= 0.6 is 0 Å². The van der Waals surface area contributed by atoms with E-state index in [0.29, 0.717) is 18.8 Å². The van der Waals surface area contributed by atoms with Gasteiger partial charge in [-0.3, -0.25) is 4.79 Å². The van der Waals surface area contributed by atoms with Gasteiger partial charge in [-0.1, -0.05) is 18.2 Å². The minimum absolute atomic E-state index is 0.0269. The zero-order chi connectivity index (χ0) is 18.3. The predicted molar refractivity (Wildman–Crippen MR) is 99.3 cm³/mol. The number of hydrogen-bond acceptors (Lipinski definition) is 4. The first-order chi connectivity index (χ1) is 12.5. The summed E-state index contributed by atoms with van der Waals surface area (Å²) in [7, 11) is 1.62. The van der Waals surface area contributed by atoms with Crippen molar-refractivity contribution >= 4 is 11.6 Å². The highest BCUT2D eigenvalue weighted by molar-refractivity contribution is 5.97. The number of para-hydroxylation sites is 1. The normalized spacial score (nSPS) is 19.6. The lowest BCUT2D eigenvalue weighted by Gasteiger charge is -2.25. The molecule has 2 aromatic carbocycles. The monoisotopic (exact) mass is 353 g/mol. The van der Waals surface area contributed by atoms with E-state index in [9.17, 15) is 4.79 Å². The smallest absolute Gasteiger partial charge is 0.232 e. The van der Waals surface area contributed by atoms with Crippen molar-refractivity contribution in [2.45, 2.75) is 38.2 Å². The Bertz CT molecular complexity index is 859. The molecule has 2 aliphatic heterocycles. The van der Waals surface area contributed by atoms with Gasteiger partial charge in [0.1, 0.15) is 11.4 Å². The van der Waals surface area contributed by atoms with Crippen LogP contribution in [0.15, 0.2) is 36.4 Å². The van der Waals surface area contributed by atoms with Crippen molar-refractivity contribution in [2.75, 3.05) is 19.0 Å². The lowest BCUT2D eigenvalue weighted by atomic mass is 9.92. The second kappa shape index (κ2) is 6.24. The average Bonchev–Trinajstić information content (AvgIpc) is 2.94. The van der Waals surface area contributed by atoms with Gasteiger partial charge in [0, 0.05) is 29.3 Å². The van der Waals surface area contributed by atoms with Gasteiger partial charge < -0.3 is 19.5 Å². The Hall–Kier alpha value is -2.69. The van der Waals surface area contributed by atoms with Crippen LogP contribution in [0.1, 0.15) is 37.3 Å². The van der Waals surface area contributed by atoms with Crippen LogP contribution in [-0.4, -0.2) is 25.2 Å². The molecule has 5 heteroatoms. The third kappa shape index (κ3) is 2.98. The van der Waals surface area contributed by atoms with Gasteiger partial charge in [-0.2, -0.15) is 0 Å². The minimum atomic E-state index is -0.266. The molecular formula is C21H23NO4. The van der Waals surface area contributed by atoms with Crippen LogP contribution in [0.3, 0.4) is 0 Å². The number of hydrogen-bond donors (Lipinski definition) is 1. The fraction of sp³-hybridized carbons (Fsp3) is 0.381. The molecule has 2 heterocycles. The second-order valence-electron chi connectivity index (χ2n) is 7.42. The van der Waals surface area contributed by atoms with E-state index in [1.54, 1.807) is 7.11 Å². The molecule has 26 heavy (non-hydrogen) atoms. The average molecular weight is 353 g/mol. The Morgan fingerprint density at radius 3 is 2.88 bits per heavy atom. The summed E-state index contributed by atoms with van der Waals surface area (Å²) in [5.41, 5.74) is 2.46. The molecule has 2 aromatic rings. The third-order valence-electron chi connectivity index (χ3n) is 4.89. The number of ether oxygens (including phenoxy) is 3. The van der Waals surface area contributed by atoms with Crippen molar-refractivity contribution in [2.24, 2.45) is 0 Å². The van der Waals surface area contributed by atoms with Crippen LogP contribution in [0.5, 0.6) is 17.2 Å². The Kier molecular flexibility index (Phi) is 4.02. The first-order valence-electron chi connectivity index (χ1n) is 8.89. The maximum atomic E-state index is 12.9. The van der Waals surface area contributed by atoms with Crippen LogP contribution < -0.4 is 19.5 Å². The van der Waals surface area contributed by atoms with Crippen molar-refractivity contribution in [3.05, 3.63) is 47.5 Å². The molecule has 136 valence electrons. The van der Waals surface area contributed by atoms with Gasteiger partial charge in [0.25, 0.3) is 0 Å². The molecule has 1 unspecified atom stereocenters. The van der Waals surface area contributed by atoms with Crippen molar-refractivity contribution in [3.8, 4) is 17.2 Å². The number of methoxy groups -OCH3 is 1. The summed E-state index contributed by atoms with van der Waals surface area (Å²) in [5, 5.41) is 3.05. The van der Waals surface area contributed by atoms with Crippen molar-refractivity contribution in [1.29, 1.82) is 0 Å². The maximum Gasteiger partial charge on any atom is 0.232 e. The molecule has 0 aliphatic carbocycles. The Balaban J connectivity index is 1.60. The van der Waals surface area contributed by atoms with E-state index in [-0.39, 0.29) is 17.4 Å². The molecule has 0 spiro atoms. The van der Waals surface area contributed by atoms with E-state index >= 15 is 0 Å². The SMILES string of the molecule is COc1cc(NC(=O)C2CCOc3ccccc32)cc2c1OC(C)(C)C2. The number of anilines is 1. The second-order valence-corrected chi connectivity index (χ2v) is 7.42. The Morgan fingerprint density at radius 1 is 1.27 bits per heavy atom. The number of amides is 1. The summed E-state index contributed by atoms with van der Waals surface area (Å²) >= 11 is 0. The first kappa shape index (κ1) is 16.8. The van der Waals surface area contributed by atoms with E-state index in [2.05, 4.69) is 5.32 Å². The van der Waals surface area contributed by atoms with Crippen LogP contribution in [0.4, 0.5) is 5.69 Å². The molecule has 5 nitrogen and oxygen atoms in total. The van der Waals surface area contributed by atoms with E-state index in [1.807, 2.05) is 50.2 Å². The van der Waals surface area contributed by atoms with Crippen molar-refractivity contribution in [3.63, 3.8) is 0 Å².